The highest BCUT2D eigenvalue weighted by molar-refractivity contribution is 5.93. The number of carbonyl (C=O) groups excluding carboxylic acids is 2. The third-order valence-electron chi connectivity index (χ3n) is 3.91. The predicted molar refractivity (Wildman–Crippen MR) is 74.6 cm³/mol. The van der Waals surface area contributed by atoms with E-state index in [4.69, 9.17) is 0 Å². The van der Waals surface area contributed by atoms with E-state index < -0.39 is 18.1 Å². The molecular formula is C15H20N2O3. The van der Waals surface area contributed by atoms with Gasteiger partial charge in [-0.1, -0.05) is 37.3 Å². The molecule has 1 fully saturated rings. The van der Waals surface area contributed by atoms with Crippen LogP contribution in [0, 0.1) is 5.92 Å². The van der Waals surface area contributed by atoms with E-state index in [1.807, 2.05) is 30.3 Å². The van der Waals surface area contributed by atoms with Crippen molar-refractivity contribution in [2.45, 2.75) is 25.6 Å². The molecule has 3 unspecified atom stereocenters. The van der Waals surface area contributed by atoms with E-state index in [1.54, 1.807) is 25.9 Å². The van der Waals surface area contributed by atoms with E-state index in [9.17, 15) is 14.7 Å². The lowest BCUT2D eigenvalue weighted by Gasteiger charge is -2.27. The highest BCUT2D eigenvalue weighted by Crippen LogP contribution is 2.25. The number of likely N-dealkylation sites (N-methyl/N-ethyl adjacent to an activating group) is 2. The largest absolute Gasteiger partial charge is 0.383 e. The van der Waals surface area contributed by atoms with Gasteiger partial charge in [0.05, 0.1) is 0 Å². The van der Waals surface area contributed by atoms with E-state index in [1.165, 1.54) is 4.90 Å². The second-order valence-electron chi connectivity index (χ2n) is 5.38. The number of hydrogen-bond donors (Lipinski definition) is 1. The van der Waals surface area contributed by atoms with Gasteiger partial charge in [-0.2, -0.15) is 0 Å². The maximum absolute atomic E-state index is 12.5. The third kappa shape index (κ3) is 2.54. The van der Waals surface area contributed by atoms with Gasteiger partial charge in [0.15, 0.2) is 0 Å². The molecule has 0 aliphatic carbocycles. The molecule has 2 amide bonds. The monoisotopic (exact) mass is 276 g/mol. The van der Waals surface area contributed by atoms with Crippen LogP contribution in [0.2, 0.25) is 0 Å². The van der Waals surface area contributed by atoms with Gasteiger partial charge in [-0.05, 0) is 5.56 Å². The van der Waals surface area contributed by atoms with Gasteiger partial charge >= 0.3 is 0 Å². The number of benzene rings is 1. The van der Waals surface area contributed by atoms with Crippen LogP contribution < -0.4 is 0 Å². The average molecular weight is 276 g/mol. The Labute approximate surface area is 118 Å². The number of amides is 2. The van der Waals surface area contributed by atoms with Gasteiger partial charge in [-0.15, -0.1) is 0 Å². The van der Waals surface area contributed by atoms with E-state index in [0.29, 0.717) is 6.54 Å². The molecule has 5 nitrogen and oxygen atoms in total. The van der Waals surface area contributed by atoms with Gasteiger partial charge in [-0.3, -0.25) is 9.59 Å². The Kier molecular flexibility index (Phi) is 4.09. The summed E-state index contributed by atoms with van der Waals surface area (Å²) in [6.07, 6.45) is -1.08. The summed E-state index contributed by atoms with van der Waals surface area (Å²) >= 11 is 0. The van der Waals surface area contributed by atoms with Crippen molar-refractivity contribution < 1.29 is 14.7 Å². The van der Waals surface area contributed by atoms with Gasteiger partial charge in [0.1, 0.15) is 12.1 Å². The molecule has 0 radical (unpaired) electrons. The summed E-state index contributed by atoms with van der Waals surface area (Å²) in [7, 11) is 3.28. The summed E-state index contributed by atoms with van der Waals surface area (Å²) in [4.78, 5) is 27.1. The summed E-state index contributed by atoms with van der Waals surface area (Å²) in [6.45, 7) is 2.21. The molecule has 0 spiro atoms. The number of aliphatic hydroxyl groups is 1. The average Bonchev–Trinajstić information content (AvgIpc) is 2.63. The van der Waals surface area contributed by atoms with Crippen molar-refractivity contribution in [3.05, 3.63) is 35.9 Å². The number of aliphatic hydroxyl groups excluding tert-OH is 1. The van der Waals surface area contributed by atoms with Crippen LogP contribution in [0.4, 0.5) is 0 Å². The molecule has 5 heteroatoms. The highest BCUT2D eigenvalue weighted by Gasteiger charge is 2.47. The molecule has 3 atom stereocenters. The van der Waals surface area contributed by atoms with Gasteiger partial charge in [0.2, 0.25) is 5.91 Å². The number of carbonyl (C=O) groups is 2. The molecule has 1 aliphatic heterocycles. The summed E-state index contributed by atoms with van der Waals surface area (Å²) in [5.41, 5.74) is 1.03. The Morgan fingerprint density at radius 1 is 1.35 bits per heavy atom. The maximum atomic E-state index is 12.5. The summed E-state index contributed by atoms with van der Waals surface area (Å²) in [5.74, 6) is -0.920. The second kappa shape index (κ2) is 5.63. The zero-order valence-corrected chi connectivity index (χ0v) is 12.0. The second-order valence-corrected chi connectivity index (χ2v) is 5.38. The Morgan fingerprint density at radius 3 is 2.45 bits per heavy atom. The van der Waals surface area contributed by atoms with Crippen LogP contribution in [0.15, 0.2) is 30.3 Å². The molecule has 1 heterocycles. The highest BCUT2D eigenvalue weighted by atomic mass is 16.3. The number of likely N-dealkylation sites (tertiary alicyclic amines) is 1. The molecule has 0 saturated carbocycles. The van der Waals surface area contributed by atoms with Gasteiger partial charge in [0.25, 0.3) is 5.91 Å². The lowest BCUT2D eigenvalue weighted by molar-refractivity contribution is -0.141. The molecule has 1 aliphatic rings. The molecule has 20 heavy (non-hydrogen) atoms. The summed E-state index contributed by atoms with van der Waals surface area (Å²) in [6, 6.07) is 9.08. The maximum Gasteiger partial charge on any atom is 0.252 e. The Bertz CT molecular complexity index is 503. The Morgan fingerprint density at radius 2 is 1.95 bits per heavy atom. The van der Waals surface area contributed by atoms with Crippen molar-refractivity contribution in [3.63, 3.8) is 0 Å². The predicted octanol–water partition coefficient (Wildman–Crippen LogP) is 0.483. The Balaban J connectivity index is 2.09. The minimum atomic E-state index is -1.08. The van der Waals surface area contributed by atoms with Crippen LogP contribution in [-0.4, -0.2) is 53.0 Å². The van der Waals surface area contributed by atoms with Crippen molar-refractivity contribution in [1.82, 2.24) is 9.80 Å². The first kappa shape index (κ1) is 14.5. The molecule has 1 saturated heterocycles. The molecule has 2 rings (SSSR count). The standard InChI is InChI=1S/C15H20N2O3/c1-10-12(17(3)15(20)13(10)18)14(19)16(2)9-11-7-5-4-6-8-11/h4-8,10,12-13,18H,9H2,1-3H3. The lowest BCUT2D eigenvalue weighted by atomic mass is 9.99. The van der Waals surface area contributed by atoms with Crippen LogP contribution in [0.1, 0.15) is 12.5 Å². The van der Waals surface area contributed by atoms with Crippen LogP contribution in [0.5, 0.6) is 0 Å². The van der Waals surface area contributed by atoms with Crippen molar-refractivity contribution >= 4 is 11.8 Å². The fourth-order valence-electron chi connectivity index (χ4n) is 2.65. The van der Waals surface area contributed by atoms with Crippen molar-refractivity contribution in [1.29, 1.82) is 0 Å². The quantitative estimate of drug-likeness (QED) is 0.873. The Hall–Kier alpha value is -1.88. The minimum absolute atomic E-state index is 0.145. The fourth-order valence-corrected chi connectivity index (χ4v) is 2.65. The number of nitrogens with zero attached hydrogens (tertiary/aromatic N) is 2. The zero-order valence-electron chi connectivity index (χ0n) is 12.0. The van der Waals surface area contributed by atoms with Crippen LogP contribution in [-0.2, 0) is 16.1 Å². The van der Waals surface area contributed by atoms with Gasteiger partial charge in [-0.25, -0.2) is 0 Å². The number of hydrogen-bond acceptors (Lipinski definition) is 3. The third-order valence-corrected chi connectivity index (χ3v) is 3.91. The van der Waals surface area contributed by atoms with Crippen LogP contribution in [0.3, 0.4) is 0 Å². The molecule has 1 N–H and O–H groups in total. The first-order chi connectivity index (χ1) is 9.43. The first-order valence-corrected chi connectivity index (χ1v) is 6.67. The van der Waals surface area contributed by atoms with E-state index in [2.05, 4.69) is 0 Å². The van der Waals surface area contributed by atoms with E-state index >= 15 is 0 Å². The molecule has 1 aromatic rings. The fraction of sp³-hybridized carbons (Fsp3) is 0.467. The van der Waals surface area contributed by atoms with E-state index in [0.717, 1.165) is 5.56 Å². The molecular weight excluding hydrogens is 256 g/mol. The van der Waals surface area contributed by atoms with Crippen LogP contribution in [0.25, 0.3) is 0 Å². The van der Waals surface area contributed by atoms with Gasteiger partial charge < -0.3 is 14.9 Å². The lowest BCUT2D eigenvalue weighted by Crippen LogP contribution is -2.45. The SMILES string of the molecule is CC1C(O)C(=O)N(C)C1C(=O)N(C)Cc1ccccc1. The normalized spacial score (nSPS) is 25.9. The molecule has 0 aromatic heterocycles. The minimum Gasteiger partial charge on any atom is -0.383 e. The van der Waals surface area contributed by atoms with Crippen LogP contribution >= 0.6 is 0 Å². The molecule has 1 aromatic carbocycles. The number of rotatable bonds is 3. The topological polar surface area (TPSA) is 60.9 Å². The zero-order chi connectivity index (χ0) is 14.9. The summed E-state index contributed by atoms with van der Waals surface area (Å²) < 4.78 is 0. The molecule has 0 bridgehead atoms. The van der Waals surface area contributed by atoms with Gasteiger partial charge in [0, 0.05) is 26.6 Å². The van der Waals surface area contributed by atoms with Crippen molar-refractivity contribution in [2.75, 3.05) is 14.1 Å². The first-order valence-electron chi connectivity index (χ1n) is 6.67. The van der Waals surface area contributed by atoms with E-state index in [-0.39, 0.29) is 11.8 Å². The smallest absolute Gasteiger partial charge is 0.252 e. The summed E-state index contributed by atoms with van der Waals surface area (Å²) in [5, 5.41) is 9.77. The van der Waals surface area contributed by atoms with Crippen molar-refractivity contribution in [2.24, 2.45) is 5.92 Å². The van der Waals surface area contributed by atoms with Crippen molar-refractivity contribution in [3.8, 4) is 0 Å². The molecule has 108 valence electrons.